The molecule has 0 aliphatic carbocycles. The number of rotatable bonds is 3. The maximum Gasteiger partial charge on any atom is 0.229 e. The van der Waals surface area contributed by atoms with Gasteiger partial charge in [-0.05, 0) is 36.4 Å². The fraction of sp³-hybridized carbons (Fsp3) is 0.235. The molecule has 0 atom stereocenters. The van der Waals surface area contributed by atoms with E-state index in [0.29, 0.717) is 22.2 Å². The lowest BCUT2D eigenvalue weighted by Gasteiger charge is -2.19. The van der Waals surface area contributed by atoms with Crippen LogP contribution in [0, 0.1) is 5.41 Å². The topological polar surface area (TPSA) is 38.3 Å². The molecule has 0 aliphatic heterocycles. The summed E-state index contributed by atoms with van der Waals surface area (Å²) in [6.07, 6.45) is 0. The molecule has 0 bridgehead atoms. The van der Waals surface area contributed by atoms with Crippen molar-refractivity contribution in [3.05, 3.63) is 53.6 Å². The molecule has 21 heavy (non-hydrogen) atoms. The molecule has 4 heteroatoms. The molecule has 2 rings (SSSR count). The zero-order chi connectivity index (χ0) is 15.5. The summed E-state index contributed by atoms with van der Waals surface area (Å²) in [5.74, 6) is 1.20. The van der Waals surface area contributed by atoms with Crippen LogP contribution in [-0.2, 0) is 4.79 Å². The Hall–Kier alpha value is -2.00. The largest absolute Gasteiger partial charge is 0.455 e. The number of nitrogens with one attached hydrogen (secondary N) is 1. The van der Waals surface area contributed by atoms with Gasteiger partial charge in [-0.1, -0.05) is 44.5 Å². The molecule has 0 saturated carbocycles. The van der Waals surface area contributed by atoms with Gasteiger partial charge in [0.2, 0.25) is 5.91 Å². The van der Waals surface area contributed by atoms with E-state index in [1.165, 1.54) is 0 Å². The van der Waals surface area contributed by atoms with Crippen LogP contribution < -0.4 is 10.1 Å². The summed E-state index contributed by atoms with van der Waals surface area (Å²) in [6.45, 7) is 5.60. The molecule has 0 aromatic heterocycles. The minimum atomic E-state index is -0.465. The molecular weight excluding hydrogens is 286 g/mol. The van der Waals surface area contributed by atoms with Crippen molar-refractivity contribution in [2.45, 2.75) is 20.8 Å². The van der Waals surface area contributed by atoms with Crippen molar-refractivity contribution >= 4 is 23.2 Å². The van der Waals surface area contributed by atoms with Gasteiger partial charge in [-0.25, -0.2) is 0 Å². The summed E-state index contributed by atoms with van der Waals surface area (Å²) in [6, 6.07) is 14.4. The van der Waals surface area contributed by atoms with Crippen molar-refractivity contribution < 1.29 is 9.53 Å². The zero-order valence-corrected chi connectivity index (χ0v) is 13.1. The number of halogens is 1. The summed E-state index contributed by atoms with van der Waals surface area (Å²) in [5, 5.41) is 3.54. The van der Waals surface area contributed by atoms with Crippen LogP contribution in [0.5, 0.6) is 11.5 Å². The molecule has 2 aromatic rings. The number of amides is 1. The Morgan fingerprint density at radius 1 is 1.05 bits per heavy atom. The first kappa shape index (κ1) is 15.4. The van der Waals surface area contributed by atoms with Crippen LogP contribution >= 0.6 is 11.6 Å². The Morgan fingerprint density at radius 3 is 2.29 bits per heavy atom. The van der Waals surface area contributed by atoms with Gasteiger partial charge in [0.25, 0.3) is 0 Å². The predicted octanol–water partition coefficient (Wildman–Crippen LogP) is 5.12. The maximum atomic E-state index is 12.1. The molecule has 0 fully saturated rings. The lowest BCUT2D eigenvalue weighted by molar-refractivity contribution is -0.123. The lowest BCUT2D eigenvalue weighted by atomic mass is 9.95. The highest BCUT2D eigenvalue weighted by Gasteiger charge is 2.22. The number of hydrogen-bond donors (Lipinski definition) is 1. The molecule has 0 spiro atoms. The van der Waals surface area contributed by atoms with E-state index in [-0.39, 0.29) is 5.91 Å². The van der Waals surface area contributed by atoms with Crippen LogP contribution in [0.15, 0.2) is 48.5 Å². The van der Waals surface area contributed by atoms with E-state index in [0.717, 1.165) is 0 Å². The van der Waals surface area contributed by atoms with Crippen LogP contribution in [0.3, 0.4) is 0 Å². The summed E-state index contributed by atoms with van der Waals surface area (Å²) in [5.41, 5.74) is 0.181. The second-order valence-corrected chi connectivity index (χ2v) is 6.19. The van der Waals surface area contributed by atoms with E-state index in [4.69, 9.17) is 16.3 Å². The quantitative estimate of drug-likeness (QED) is 0.855. The van der Waals surface area contributed by atoms with E-state index in [1.807, 2.05) is 45.0 Å². The van der Waals surface area contributed by atoms with Gasteiger partial charge in [0.05, 0.1) is 5.69 Å². The first-order valence-electron chi connectivity index (χ1n) is 6.70. The number of hydrogen-bond acceptors (Lipinski definition) is 2. The fourth-order valence-electron chi connectivity index (χ4n) is 1.60. The molecule has 0 heterocycles. The average molecular weight is 304 g/mol. The first-order chi connectivity index (χ1) is 9.86. The number of ether oxygens (including phenoxy) is 1. The normalized spacial score (nSPS) is 11.0. The predicted molar refractivity (Wildman–Crippen MR) is 86.1 cm³/mol. The van der Waals surface area contributed by atoms with Crippen LogP contribution in [0.2, 0.25) is 5.02 Å². The smallest absolute Gasteiger partial charge is 0.229 e. The Bertz CT molecular complexity index is 630. The molecule has 2 aromatic carbocycles. The summed E-state index contributed by atoms with van der Waals surface area (Å²) in [4.78, 5) is 12.1. The second-order valence-electron chi connectivity index (χ2n) is 5.76. The highest BCUT2D eigenvalue weighted by molar-refractivity contribution is 6.30. The van der Waals surface area contributed by atoms with Gasteiger partial charge in [0, 0.05) is 10.4 Å². The summed E-state index contributed by atoms with van der Waals surface area (Å²) < 4.78 is 5.80. The third-order valence-corrected chi connectivity index (χ3v) is 3.11. The molecule has 0 radical (unpaired) electrons. The number of benzene rings is 2. The Kier molecular flexibility index (Phi) is 4.53. The SMILES string of the molecule is CC(C)(C)C(=O)Nc1ccccc1Oc1ccc(Cl)cc1. The zero-order valence-electron chi connectivity index (χ0n) is 12.3. The molecule has 1 N–H and O–H groups in total. The van der Waals surface area contributed by atoms with Gasteiger partial charge in [-0.2, -0.15) is 0 Å². The molecule has 0 saturated heterocycles. The van der Waals surface area contributed by atoms with Gasteiger partial charge >= 0.3 is 0 Å². The van der Waals surface area contributed by atoms with Crippen molar-refractivity contribution in [3.63, 3.8) is 0 Å². The molecule has 0 unspecified atom stereocenters. The van der Waals surface area contributed by atoms with E-state index < -0.39 is 5.41 Å². The second kappa shape index (κ2) is 6.19. The Labute approximate surface area is 129 Å². The van der Waals surface area contributed by atoms with Crippen molar-refractivity contribution in [2.75, 3.05) is 5.32 Å². The third kappa shape index (κ3) is 4.23. The van der Waals surface area contributed by atoms with Gasteiger partial charge < -0.3 is 10.1 Å². The van der Waals surface area contributed by atoms with Crippen LogP contribution in [0.25, 0.3) is 0 Å². The van der Waals surface area contributed by atoms with Crippen molar-refractivity contribution in [3.8, 4) is 11.5 Å². The van der Waals surface area contributed by atoms with Crippen molar-refractivity contribution in [1.29, 1.82) is 0 Å². The number of anilines is 1. The number of carbonyl (C=O) groups is 1. The molecule has 110 valence electrons. The maximum absolute atomic E-state index is 12.1. The molecule has 0 aliphatic rings. The van der Waals surface area contributed by atoms with Crippen molar-refractivity contribution in [1.82, 2.24) is 0 Å². The summed E-state index contributed by atoms with van der Waals surface area (Å²) in [7, 11) is 0. The van der Waals surface area contributed by atoms with E-state index in [9.17, 15) is 4.79 Å². The minimum absolute atomic E-state index is 0.0605. The minimum Gasteiger partial charge on any atom is -0.455 e. The Balaban J connectivity index is 2.21. The van der Waals surface area contributed by atoms with Gasteiger partial charge in [-0.15, -0.1) is 0 Å². The highest BCUT2D eigenvalue weighted by atomic mass is 35.5. The van der Waals surface area contributed by atoms with Gasteiger partial charge in [0.15, 0.2) is 5.75 Å². The van der Waals surface area contributed by atoms with Gasteiger partial charge in [0.1, 0.15) is 5.75 Å². The van der Waals surface area contributed by atoms with E-state index >= 15 is 0 Å². The molecule has 3 nitrogen and oxygen atoms in total. The highest BCUT2D eigenvalue weighted by Crippen LogP contribution is 2.31. The third-order valence-electron chi connectivity index (χ3n) is 2.86. The standard InChI is InChI=1S/C17H18ClNO2/c1-17(2,3)16(20)19-14-6-4-5-7-15(14)21-13-10-8-12(18)9-11-13/h4-11H,1-3H3,(H,19,20). The van der Waals surface area contributed by atoms with E-state index in [2.05, 4.69) is 5.32 Å². The first-order valence-corrected chi connectivity index (χ1v) is 7.08. The molecular formula is C17H18ClNO2. The Morgan fingerprint density at radius 2 is 1.67 bits per heavy atom. The molecule has 1 amide bonds. The average Bonchev–Trinajstić information content (AvgIpc) is 2.42. The number of para-hydroxylation sites is 2. The fourth-order valence-corrected chi connectivity index (χ4v) is 1.72. The monoisotopic (exact) mass is 303 g/mol. The summed E-state index contributed by atoms with van der Waals surface area (Å²) >= 11 is 5.85. The van der Waals surface area contributed by atoms with E-state index in [1.54, 1.807) is 24.3 Å². The van der Waals surface area contributed by atoms with Crippen LogP contribution in [0.1, 0.15) is 20.8 Å². The van der Waals surface area contributed by atoms with Gasteiger partial charge in [-0.3, -0.25) is 4.79 Å². The van der Waals surface area contributed by atoms with Crippen LogP contribution in [0.4, 0.5) is 5.69 Å². The van der Waals surface area contributed by atoms with Crippen LogP contribution in [-0.4, -0.2) is 5.91 Å². The van der Waals surface area contributed by atoms with Crippen molar-refractivity contribution in [2.24, 2.45) is 5.41 Å². The lowest BCUT2D eigenvalue weighted by Crippen LogP contribution is -2.27. The number of carbonyl (C=O) groups excluding carboxylic acids is 1.